The van der Waals surface area contributed by atoms with Gasteiger partial charge in [-0.3, -0.25) is 9.59 Å². The molecule has 26 heavy (non-hydrogen) atoms. The van der Waals surface area contributed by atoms with Crippen LogP contribution in [0.1, 0.15) is 22.8 Å². The maximum Gasteiger partial charge on any atom is 0.319 e. The number of aryl methyl sites for hydroxylation is 1. The van der Waals surface area contributed by atoms with Crippen molar-refractivity contribution in [3.63, 3.8) is 0 Å². The predicted molar refractivity (Wildman–Crippen MR) is 101 cm³/mol. The number of hydrogen-bond donors (Lipinski definition) is 4. The van der Waals surface area contributed by atoms with Crippen molar-refractivity contribution in [3.05, 3.63) is 59.7 Å². The summed E-state index contributed by atoms with van der Waals surface area (Å²) in [6.45, 7) is 3.96. The lowest BCUT2D eigenvalue weighted by molar-refractivity contribution is -0.114. The zero-order chi connectivity index (χ0) is 18.9. The average molecular weight is 354 g/mol. The van der Waals surface area contributed by atoms with Crippen LogP contribution in [0.2, 0.25) is 0 Å². The van der Waals surface area contributed by atoms with Crippen LogP contribution in [0.3, 0.4) is 0 Å². The Balaban J connectivity index is 1.71. The van der Waals surface area contributed by atoms with E-state index in [9.17, 15) is 14.4 Å². The van der Waals surface area contributed by atoms with Gasteiger partial charge in [0.2, 0.25) is 5.91 Å². The molecule has 0 aliphatic heterocycles. The third-order valence-corrected chi connectivity index (χ3v) is 3.44. The highest BCUT2D eigenvalue weighted by molar-refractivity contribution is 5.95. The standard InChI is InChI=1S/C19H22N4O3/c1-13-4-3-5-17(12-13)23-19(26)21-11-10-20-18(25)15-6-8-16(9-7-15)22-14(2)24/h3-9,12H,10-11H2,1-2H3,(H,20,25)(H,22,24)(H2,21,23,26). The molecule has 0 atom stereocenters. The summed E-state index contributed by atoms with van der Waals surface area (Å²) in [6, 6.07) is 13.7. The molecule has 2 rings (SSSR count). The summed E-state index contributed by atoms with van der Waals surface area (Å²) in [6.07, 6.45) is 0. The van der Waals surface area contributed by atoms with Gasteiger partial charge in [0.25, 0.3) is 5.91 Å². The highest BCUT2D eigenvalue weighted by Crippen LogP contribution is 2.10. The van der Waals surface area contributed by atoms with Crippen molar-refractivity contribution in [2.24, 2.45) is 0 Å². The van der Waals surface area contributed by atoms with Crippen molar-refractivity contribution < 1.29 is 14.4 Å². The van der Waals surface area contributed by atoms with E-state index >= 15 is 0 Å². The topological polar surface area (TPSA) is 99.3 Å². The van der Waals surface area contributed by atoms with Gasteiger partial charge < -0.3 is 21.3 Å². The minimum absolute atomic E-state index is 0.169. The van der Waals surface area contributed by atoms with Crippen molar-refractivity contribution in [1.29, 1.82) is 0 Å². The summed E-state index contributed by atoms with van der Waals surface area (Å²) in [5.74, 6) is -0.419. The van der Waals surface area contributed by atoms with Gasteiger partial charge in [-0.25, -0.2) is 4.79 Å². The average Bonchev–Trinajstić information content (AvgIpc) is 2.58. The number of rotatable bonds is 6. The summed E-state index contributed by atoms with van der Waals surface area (Å²) in [7, 11) is 0. The van der Waals surface area contributed by atoms with Crippen LogP contribution in [0, 0.1) is 6.92 Å². The molecule has 2 aromatic rings. The lowest BCUT2D eigenvalue weighted by Crippen LogP contribution is -2.36. The number of carbonyl (C=O) groups excluding carboxylic acids is 3. The van der Waals surface area contributed by atoms with Gasteiger partial charge in [0.1, 0.15) is 0 Å². The summed E-state index contributed by atoms with van der Waals surface area (Å²) < 4.78 is 0. The molecule has 7 nitrogen and oxygen atoms in total. The Morgan fingerprint density at radius 2 is 1.54 bits per heavy atom. The van der Waals surface area contributed by atoms with Gasteiger partial charge >= 0.3 is 6.03 Å². The van der Waals surface area contributed by atoms with Crippen LogP contribution in [0.15, 0.2) is 48.5 Å². The maximum atomic E-state index is 12.0. The Morgan fingerprint density at radius 3 is 2.19 bits per heavy atom. The molecule has 0 aliphatic rings. The summed E-state index contributed by atoms with van der Waals surface area (Å²) >= 11 is 0. The Bertz CT molecular complexity index is 788. The van der Waals surface area contributed by atoms with E-state index in [1.807, 2.05) is 25.1 Å². The van der Waals surface area contributed by atoms with E-state index in [0.717, 1.165) is 5.56 Å². The van der Waals surface area contributed by atoms with Crippen LogP contribution in [0.4, 0.5) is 16.2 Å². The fourth-order valence-electron chi connectivity index (χ4n) is 2.26. The lowest BCUT2D eigenvalue weighted by atomic mass is 10.2. The van der Waals surface area contributed by atoms with Gasteiger partial charge in [-0.15, -0.1) is 0 Å². The summed E-state index contributed by atoms with van der Waals surface area (Å²) in [4.78, 5) is 34.8. The fraction of sp³-hybridized carbons (Fsp3) is 0.211. The molecule has 0 spiro atoms. The second kappa shape index (κ2) is 9.22. The lowest BCUT2D eigenvalue weighted by Gasteiger charge is -2.09. The first kappa shape index (κ1) is 19.0. The Labute approximate surface area is 152 Å². The van der Waals surface area contributed by atoms with Crippen LogP contribution in [-0.2, 0) is 4.79 Å². The van der Waals surface area contributed by atoms with Crippen molar-refractivity contribution in [2.75, 3.05) is 23.7 Å². The molecule has 4 amide bonds. The van der Waals surface area contributed by atoms with Crippen molar-refractivity contribution in [1.82, 2.24) is 10.6 Å². The zero-order valence-corrected chi connectivity index (χ0v) is 14.8. The molecular weight excluding hydrogens is 332 g/mol. The van der Waals surface area contributed by atoms with E-state index in [1.54, 1.807) is 30.3 Å². The normalized spacial score (nSPS) is 9.92. The fourth-order valence-corrected chi connectivity index (χ4v) is 2.26. The molecule has 0 aliphatic carbocycles. The third kappa shape index (κ3) is 6.27. The van der Waals surface area contributed by atoms with E-state index in [1.165, 1.54) is 6.92 Å². The number of urea groups is 1. The van der Waals surface area contributed by atoms with Crippen molar-refractivity contribution in [2.45, 2.75) is 13.8 Å². The van der Waals surface area contributed by atoms with Crippen LogP contribution < -0.4 is 21.3 Å². The Kier molecular flexibility index (Phi) is 6.73. The highest BCUT2D eigenvalue weighted by atomic mass is 16.2. The molecule has 0 radical (unpaired) electrons. The monoisotopic (exact) mass is 354 g/mol. The quantitative estimate of drug-likeness (QED) is 0.600. The second-order valence-corrected chi connectivity index (χ2v) is 5.76. The molecule has 0 bridgehead atoms. The van der Waals surface area contributed by atoms with Crippen LogP contribution in [0.5, 0.6) is 0 Å². The van der Waals surface area contributed by atoms with E-state index in [4.69, 9.17) is 0 Å². The SMILES string of the molecule is CC(=O)Nc1ccc(C(=O)NCCNC(=O)Nc2cccc(C)c2)cc1. The smallest absolute Gasteiger partial charge is 0.319 e. The van der Waals surface area contributed by atoms with Crippen molar-refractivity contribution >= 4 is 29.2 Å². The minimum atomic E-state index is -0.329. The number of carbonyl (C=O) groups is 3. The molecule has 0 saturated carbocycles. The van der Waals surface area contributed by atoms with Crippen molar-refractivity contribution in [3.8, 4) is 0 Å². The number of amides is 4. The number of benzene rings is 2. The molecule has 2 aromatic carbocycles. The Hall–Kier alpha value is -3.35. The van der Waals surface area contributed by atoms with E-state index in [2.05, 4.69) is 21.3 Å². The molecule has 136 valence electrons. The van der Waals surface area contributed by atoms with E-state index < -0.39 is 0 Å². The second-order valence-electron chi connectivity index (χ2n) is 5.76. The molecule has 4 N–H and O–H groups in total. The number of nitrogens with one attached hydrogen (secondary N) is 4. The third-order valence-electron chi connectivity index (χ3n) is 3.44. The first-order valence-electron chi connectivity index (χ1n) is 8.21. The zero-order valence-electron chi connectivity index (χ0n) is 14.8. The maximum absolute atomic E-state index is 12.0. The molecule has 0 aromatic heterocycles. The molecule has 7 heteroatoms. The summed E-state index contributed by atoms with van der Waals surface area (Å²) in [5.41, 5.74) is 2.87. The molecule has 0 heterocycles. The van der Waals surface area contributed by atoms with E-state index in [0.29, 0.717) is 30.0 Å². The Morgan fingerprint density at radius 1 is 0.846 bits per heavy atom. The molecule has 0 saturated heterocycles. The van der Waals surface area contributed by atoms with Gasteiger partial charge in [0.15, 0.2) is 0 Å². The number of hydrogen-bond acceptors (Lipinski definition) is 3. The van der Waals surface area contributed by atoms with Gasteiger partial charge in [-0.2, -0.15) is 0 Å². The highest BCUT2D eigenvalue weighted by Gasteiger charge is 2.06. The number of anilines is 2. The predicted octanol–water partition coefficient (Wildman–Crippen LogP) is 2.50. The van der Waals surface area contributed by atoms with Crippen LogP contribution in [0.25, 0.3) is 0 Å². The van der Waals surface area contributed by atoms with Crippen LogP contribution >= 0.6 is 0 Å². The first-order chi connectivity index (χ1) is 12.4. The molecular formula is C19H22N4O3. The largest absolute Gasteiger partial charge is 0.350 e. The van der Waals surface area contributed by atoms with Gasteiger partial charge in [-0.1, -0.05) is 12.1 Å². The molecule has 0 fully saturated rings. The molecule has 0 unspecified atom stereocenters. The first-order valence-corrected chi connectivity index (χ1v) is 8.21. The summed E-state index contributed by atoms with van der Waals surface area (Å²) in [5, 5.41) is 10.8. The van der Waals surface area contributed by atoms with Gasteiger partial charge in [0, 0.05) is 37.0 Å². The van der Waals surface area contributed by atoms with Gasteiger partial charge in [0.05, 0.1) is 0 Å². The van der Waals surface area contributed by atoms with E-state index in [-0.39, 0.29) is 17.8 Å². The van der Waals surface area contributed by atoms with Gasteiger partial charge in [-0.05, 0) is 48.9 Å². The minimum Gasteiger partial charge on any atom is -0.350 e. The van der Waals surface area contributed by atoms with Crippen LogP contribution in [-0.4, -0.2) is 30.9 Å².